The van der Waals surface area contributed by atoms with E-state index in [1.54, 1.807) is 12.1 Å². The Morgan fingerprint density at radius 1 is 1.20 bits per heavy atom. The molecule has 3 rings (SSSR count). The molecule has 0 amide bonds. The first-order valence-electron chi connectivity index (χ1n) is 7.22. The number of benzene rings is 2. The zero-order valence-corrected chi connectivity index (χ0v) is 13.1. The molecule has 1 heterocycles. The molecule has 0 N–H and O–H groups in total. The fourth-order valence-corrected chi connectivity index (χ4v) is 2.16. The number of ether oxygens (including phenoxy) is 2. The summed E-state index contributed by atoms with van der Waals surface area (Å²) >= 11 is 0. The number of aromatic nitrogens is 1. The lowest BCUT2D eigenvalue weighted by atomic mass is 10.2. The second kappa shape index (κ2) is 7.00. The van der Waals surface area contributed by atoms with Crippen LogP contribution in [0.1, 0.15) is 5.89 Å². The van der Waals surface area contributed by atoms with Crippen LogP contribution in [0.15, 0.2) is 53.1 Å². The monoisotopic (exact) mass is 344 g/mol. The third-order valence-electron chi connectivity index (χ3n) is 3.39. The lowest BCUT2D eigenvalue weighted by Gasteiger charge is -2.08. The van der Waals surface area contributed by atoms with Crippen LogP contribution in [0.25, 0.3) is 11.3 Å². The highest BCUT2D eigenvalue weighted by Crippen LogP contribution is 2.32. The van der Waals surface area contributed by atoms with E-state index in [-0.39, 0.29) is 29.8 Å². The molecule has 3 aromatic rings. The Morgan fingerprint density at radius 3 is 2.64 bits per heavy atom. The summed E-state index contributed by atoms with van der Waals surface area (Å²) in [4.78, 5) is 14.4. The molecule has 0 fully saturated rings. The van der Waals surface area contributed by atoms with Crippen molar-refractivity contribution >= 4 is 5.69 Å². The van der Waals surface area contributed by atoms with Gasteiger partial charge in [-0.05, 0) is 30.3 Å². The molecule has 128 valence electrons. The molecular formula is C17H13FN2O5. The third kappa shape index (κ3) is 3.74. The highest BCUT2D eigenvalue weighted by Gasteiger charge is 2.14. The summed E-state index contributed by atoms with van der Waals surface area (Å²) in [5.74, 6) is 0.955. The number of nitro groups is 1. The highest BCUT2D eigenvalue weighted by molar-refractivity contribution is 5.56. The molecule has 0 spiro atoms. The van der Waals surface area contributed by atoms with Crippen LogP contribution in [-0.4, -0.2) is 17.0 Å². The van der Waals surface area contributed by atoms with Crippen LogP contribution in [0.4, 0.5) is 10.1 Å². The van der Waals surface area contributed by atoms with Crippen molar-refractivity contribution in [2.75, 3.05) is 7.11 Å². The standard InChI is InChI=1S/C17H13FN2O5/c1-23-14-7-6-13(20(21)22)8-15(14)24-10-17-19-9-16(25-17)11-2-4-12(18)5-3-11/h2-9H,10H2,1H3. The molecule has 8 heteroatoms. The summed E-state index contributed by atoms with van der Waals surface area (Å²) in [6, 6.07) is 9.83. The topological polar surface area (TPSA) is 87.6 Å². The van der Waals surface area contributed by atoms with Crippen LogP contribution in [0.2, 0.25) is 0 Å². The van der Waals surface area contributed by atoms with E-state index in [4.69, 9.17) is 13.9 Å². The number of rotatable bonds is 6. The minimum atomic E-state index is -0.524. The molecule has 0 unspecified atom stereocenters. The van der Waals surface area contributed by atoms with Gasteiger partial charge in [0.05, 0.1) is 24.3 Å². The Morgan fingerprint density at radius 2 is 1.96 bits per heavy atom. The molecule has 1 aromatic heterocycles. The van der Waals surface area contributed by atoms with E-state index in [0.717, 1.165) is 0 Å². The van der Waals surface area contributed by atoms with Gasteiger partial charge in [-0.2, -0.15) is 0 Å². The van der Waals surface area contributed by atoms with Crippen molar-refractivity contribution in [3.8, 4) is 22.8 Å². The summed E-state index contributed by atoms with van der Waals surface area (Å²) < 4.78 is 29.1. The summed E-state index contributed by atoms with van der Waals surface area (Å²) in [7, 11) is 1.44. The van der Waals surface area contributed by atoms with E-state index in [1.165, 1.54) is 43.6 Å². The lowest BCUT2D eigenvalue weighted by Crippen LogP contribution is -1.99. The predicted octanol–water partition coefficient (Wildman–Crippen LogP) is 3.98. The molecule has 0 atom stereocenters. The van der Waals surface area contributed by atoms with E-state index in [1.807, 2.05) is 0 Å². The van der Waals surface area contributed by atoms with Crippen molar-refractivity contribution in [3.05, 3.63) is 70.5 Å². The van der Waals surface area contributed by atoms with Crippen LogP contribution in [0.3, 0.4) is 0 Å². The molecule has 0 saturated heterocycles. The molecule has 0 aliphatic rings. The minimum Gasteiger partial charge on any atom is -0.493 e. The Labute approximate surface area is 141 Å². The number of oxazole rings is 1. The van der Waals surface area contributed by atoms with Gasteiger partial charge in [0, 0.05) is 11.6 Å². The van der Waals surface area contributed by atoms with Gasteiger partial charge in [-0.15, -0.1) is 0 Å². The van der Waals surface area contributed by atoms with Gasteiger partial charge in [0.15, 0.2) is 23.9 Å². The zero-order valence-electron chi connectivity index (χ0n) is 13.1. The Balaban J connectivity index is 1.75. The van der Waals surface area contributed by atoms with Gasteiger partial charge in [0.1, 0.15) is 5.82 Å². The third-order valence-corrected chi connectivity index (χ3v) is 3.39. The van der Waals surface area contributed by atoms with Gasteiger partial charge in [0.25, 0.3) is 5.69 Å². The number of hydrogen-bond acceptors (Lipinski definition) is 6. The first-order chi connectivity index (χ1) is 12.1. The average molecular weight is 344 g/mol. The van der Waals surface area contributed by atoms with Crippen LogP contribution in [0.5, 0.6) is 11.5 Å². The minimum absolute atomic E-state index is 0.0429. The number of methoxy groups -OCH3 is 1. The Hall–Kier alpha value is -3.42. The van der Waals surface area contributed by atoms with Gasteiger partial charge in [0.2, 0.25) is 5.89 Å². The van der Waals surface area contributed by atoms with Crippen molar-refractivity contribution in [2.45, 2.75) is 6.61 Å². The molecule has 0 bridgehead atoms. The van der Waals surface area contributed by atoms with Crippen LogP contribution < -0.4 is 9.47 Å². The molecular weight excluding hydrogens is 331 g/mol. The highest BCUT2D eigenvalue weighted by atomic mass is 19.1. The molecule has 0 aliphatic heterocycles. The van der Waals surface area contributed by atoms with E-state index >= 15 is 0 Å². The van der Waals surface area contributed by atoms with Crippen LogP contribution in [0, 0.1) is 15.9 Å². The Kier molecular flexibility index (Phi) is 4.60. The summed E-state index contributed by atoms with van der Waals surface area (Å²) in [5, 5.41) is 10.9. The maximum Gasteiger partial charge on any atom is 0.273 e. The smallest absolute Gasteiger partial charge is 0.273 e. The van der Waals surface area contributed by atoms with Crippen molar-refractivity contribution in [3.63, 3.8) is 0 Å². The fraction of sp³-hybridized carbons (Fsp3) is 0.118. The first kappa shape index (κ1) is 16.4. The number of halogens is 1. The first-order valence-corrected chi connectivity index (χ1v) is 7.22. The maximum absolute atomic E-state index is 13.0. The Bertz CT molecular complexity index is 892. The van der Waals surface area contributed by atoms with Crippen molar-refractivity contribution in [2.24, 2.45) is 0 Å². The summed E-state index contributed by atoms with van der Waals surface area (Å²) in [6.45, 7) is -0.0429. The van der Waals surface area contributed by atoms with Gasteiger partial charge in [-0.25, -0.2) is 9.37 Å². The quantitative estimate of drug-likeness (QED) is 0.496. The number of non-ortho nitro benzene ring substituents is 1. The van der Waals surface area contributed by atoms with Crippen LogP contribution in [-0.2, 0) is 6.61 Å². The zero-order chi connectivity index (χ0) is 17.8. The molecule has 25 heavy (non-hydrogen) atoms. The van der Waals surface area contributed by atoms with E-state index in [9.17, 15) is 14.5 Å². The molecule has 0 radical (unpaired) electrons. The molecule has 7 nitrogen and oxygen atoms in total. The summed E-state index contributed by atoms with van der Waals surface area (Å²) in [6.07, 6.45) is 1.50. The fourth-order valence-electron chi connectivity index (χ4n) is 2.16. The average Bonchev–Trinajstić information content (AvgIpc) is 3.09. The van der Waals surface area contributed by atoms with Crippen molar-refractivity contribution < 1.29 is 23.2 Å². The number of nitro benzene ring substituents is 1. The number of nitrogens with zero attached hydrogens (tertiary/aromatic N) is 2. The molecule has 0 aliphatic carbocycles. The maximum atomic E-state index is 13.0. The van der Waals surface area contributed by atoms with Gasteiger partial charge < -0.3 is 13.9 Å². The van der Waals surface area contributed by atoms with Gasteiger partial charge in [-0.3, -0.25) is 10.1 Å². The van der Waals surface area contributed by atoms with Gasteiger partial charge in [-0.1, -0.05) is 0 Å². The lowest BCUT2D eigenvalue weighted by molar-refractivity contribution is -0.385. The largest absolute Gasteiger partial charge is 0.493 e. The van der Waals surface area contributed by atoms with E-state index in [2.05, 4.69) is 4.98 Å². The van der Waals surface area contributed by atoms with Crippen LogP contribution >= 0.6 is 0 Å². The number of hydrogen-bond donors (Lipinski definition) is 0. The second-order valence-corrected chi connectivity index (χ2v) is 5.01. The van der Waals surface area contributed by atoms with Crippen molar-refractivity contribution in [1.82, 2.24) is 4.98 Å². The second-order valence-electron chi connectivity index (χ2n) is 5.01. The van der Waals surface area contributed by atoms with Crippen molar-refractivity contribution in [1.29, 1.82) is 0 Å². The van der Waals surface area contributed by atoms with Gasteiger partial charge >= 0.3 is 0 Å². The summed E-state index contributed by atoms with van der Waals surface area (Å²) in [5.41, 5.74) is 0.559. The predicted molar refractivity (Wildman–Crippen MR) is 85.9 cm³/mol. The van der Waals surface area contributed by atoms with E-state index < -0.39 is 4.92 Å². The SMILES string of the molecule is COc1ccc([N+](=O)[O-])cc1OCc1ncc(-c2ccc(F)cc2)o1. The molecule has 2 aromatic carbocycles. The van der Waals surface area contributed by atoms with E-state index in [0.29, 0.717) is 17.1 Å². The molecule has 0 saturated carbocycles. The normalized spacial score (nSPS) is 10.5.